The van der Waals surface area contributed by atoms with Crippen molar-refractivity contribution in [1.82, 2.24) is 0 Å². The molecular weight excluding hydrogens is 363 g/mol. The van der Waals surface area contributed by atoms with Gasteiger partial charge in [-0.2, -0.15) is 0 Å². The number of carbonyl (C=O) groups is 2. The molecule has 134 valence electrons. The van der Waals surface area contributed by atoms with Gasteiger partial charge in [-0.25, -0.2) is 9.29 Å². The van der Waals surface area contributed by atoms with Crippen LogP contribution >= 0.6 is 11.6 Å². The Bertz CT molecular complexity index is 929. The molecule has 2 aromatic carbocycles. The topological polar surface area (TPSA) is 67.9 Å². The number of nitrogens with one attached hydrogen (secondary N) is 1. The average molecular weight is 377 g/mol. The number of hydrogen-bond acceptors (Lipinski definition) is 5. The van der Waals surface area contributed by atoms with E-state index in [9.17, 15) is 14.0 Å². The van der Waals surface area contributed by atoms with Gasteiger partial charge >= 0.3 is 0 Å². The van der Waals surface area contributed by atoms with Crippen LogP contribution in [-0.4, -0.2) is 26.0 Å². The smallest absolute Gasteiger partial charge is 0.283 e. The Hall–Kier alpha value is -3.06. The van der Waals surface area contributed by atoms with E-state index < -0.39 is 17.6 Å². The molecule has 0 saturated carbocycles. The van der Waals surface area contributed by atoms with Gasteiger partial charge in [0.25, 0.3) is 11.8 Å². The summed E-state index contributed by atoms with van der Waals surface area (Å²) < 4.78 is 24.2. The highest BCUT2D eigenvalue weighted by Crippen LogP contribution is 2.37. The number of imide groups is 1. The molecule has 2 aromatic rings. The summed E-state index contributed by atoms with van der Waals surface area (Å²) in [7, 11) is 2.88. The second kappa shape index (κ2) is 7.05. The molecule has 0 saturated heterocycles. The van der Waals surface area contributed by atoms with Crippen molar-refractivity contribution in [3.63, 3.8) is 0 Å². The highest BCUT2D eigenvalue weighted by Gasteiger charge is 2.40. The van der Waals surface area contributed by atoms with E-state index >= 15 is 0 Å². The van der Waals surface area contributed by atoms with E-state index in [1.165, 1.54) is 44.6 Å². The number of methoxy groups -OCH3 is 2. The molecule has 0 fully saturated rings. The Kier molecular flexibility index (Phi) is 4.81. The molecule has 0 radical (unpaired) electrons. The molecule has 1 aliphatic heterocycles. The SMILES string of the molecule is COc1ccc(N2C(=O)C(Cl)=C(Nc3ccccc3F)C2=O)c(OC)c1. The molecule has 0 atom stereocenters. The molecule has 1 heterocycles. The number of benzene rings is 2. The quantitative estimate of drug-likeness (QED) is 0.811. The molecule has 0 aliphatic carbocycles. The summed E-state index contributed by atoms with van der Waals surface area (Å²) in [6.45, 7) is 0. The van der Waals surface area contributed by atoms with Crippen molar-refractivity contribution < 1.29 is 23.5 Å². The molecule has 2 amide bonds. The lowest BCUT2D eigenvalue weighted by Crippen LogP contribution is -2.32. The van der Waals surface area contributed by atoms with Crippen LogP contribution in [0.3, 0.4) is 0 Å². The first-order valence-electron chi connectivity index (χ1n) is 7.50. The van der Waals surface area contributed by atoms with E-state index in [4.69, 9.17) is 21.1 Å². The van der Waals surface area contributed by atoms with E-state index in [0.29, 0.717) is 5.75 Å². The third-order valence-corrected chi connectivity index (χ3v) is 4.14. The molecule has 0 aromatic heterocycles. The van der Waals surface area contributed by atoms with E-state index in [-0.39, 0.29) is 27.9 Å². The lowest BCUT2D eigenvalue weighted by molar-refractivity contribution is -0.120. The first-order chi connectivity index (χ1) is 12.5. The third-order valence-electron chi connectivity index (χ3n) is 3.79. The first kappa shape index (κ1) is 17.8. The van der Waals surface area contributed by atoms with Crippen LogP contribution in [-0.2, 0) is 9.59 Å². The molecular formula is C18H14ClFN2O4. The molecule has 6 nitrogen and oxygen atoms in total. The normalized spacial score (nSPS) is 14.1. The Morgan fingerprint density at radius 1 is 1.04 bits per heavy atom. The first-order valence-corrected chi connectivity index (χ1v) is 7.88. The number of anilines is 2. The fourth-order valence-electron chi connectivity index (χ4n) is 2.50. The highest BCUT2D eigenvalue weighted by atomic mass is 35.5. The van der Waals surface area contributed by atoms with Crippen molar-refractivity contribution in [3.05, 3.63) is 59.0 Å². The second-order valence-corrected chi connectivity index (χ2v) is 5.66. The van der Waals surface area contributed by atoms with E-state index in [1.807, 2.05) is 0 Å². The van der Waals surface area contributed by atoms with Crippen molar-refractivity contribution in [1.29, 1.82) is 0 Å². The second-order valence-electron chi connectivity index (χ2n) is 5.28. The maximum Gasteiger partial charge on any atom is 0.283 e. The molecule has 1 aliphatic rings. The molecule has 0 unspecified atom stereocenters. The van der Waals surface area contributed by atoms with Gasteiger partial charge in [-0.05, 0) is 24.3 Å². The van der Waals surface area contributed by atoms with Crippen LogP contribution in [0.5, 0.6) is 11.5 Å². The minimum atomic E-state index is -0.737. The van der Waals surface area contributed by atoms with Crippen LogP contribution in [0.4, 0.5) is 15.8 Å². The van der Waals surface area contributed by atoms with E-state index in [2.05, 4.69) is 5.32 Å². The Morgan fingerprint density at radius 3 is 2.42 bits per heavy atom. The average Bonchev–Trinajstić information content (AvgIpc) is 2.86. The number of nitrogens with zero attached hydrogens (tertiary/aromatic N) is 1. The summed E-state index contributed by atoms with van der Waals surface area (Å²) in [5.41, 5.74) is 0.0248. The van der Waals surface area contributed by atoms with Gasteiger partial charge in [0.15, 0.2) is 0 Å². The van der Waals surface area contributed by atoms with Crippen molar-refractivity contribution in [2.45, 2.75) is 0 Å². The number of rotatable bonds is 5. The zero-order valence-electron chi connectivity index (χ0n) is 13.9. The summed E-state index contributed by atoms with van der Waals surface area (Å²) in [5, 5.41) is 2.26. The predicted octanol–water partition coefficient (Wildman–Crippen LogP) is 3.28. The monoisotopic (exact) mass is 376 g/mol. The van der Waals surface area contributed by atoms with Crippen LogP contribution in [0.15, 0.2) is 53.2 Å². The Morgan fingerprint density at radius 2 is 1.77 bits per heavy atom. The Labute approximate surface area is 153 Å². The van der Waals surface area contributed by atoms with Gasteiger partial charge in [-0.1, -0.05) is 23.7 Å². The number of carbonyl (C=O) groups excluding carboxylic acids is 2. The number of amides is 2. The van der Waals surface area contributed by atoms with E-state index in [0.717, 1.165) is 4.90 Å². The number of para-hydroxylation sites is 1. The van der Waals surface area contributed by atoms with Gasteiger partial charge in [-0.15, -0.1) is 0 Å². The van der Waals surface area contributed by atoms with Gasteiger partial charge in [0.2, 0.25) is 0 Å². The maximum absolute atomic E-state index is 13.8. The van der Waals surface area contributed by atoms with Crippen LogP contribution in [0.1, 0.15) is 0 Å². The molecule has 8 heteroatoms. The minimum absolute atomic E-state index is 0.0327. The predicted molar refractivity (Wildman–Crippen MR) is 94.9 cm³/mol. The largest absolute Gasteiger partial charge is 0.497 e. The summed E-state index contributed by atoms with van der Waals surface area (Å²) in [4.78, 5) is 26.1. The van der Waals surface area contributed by atoms with E-state index in [1.54, 1.807) is 12.1 Å². The summed E-state index contributed by atoms with van der Waals surface area (Å²) in [6, 6.07) is 10.4. The zero-order chi connectivity index (χ0) is 18.8. The van der Waals surface area contributed by atoms with Crippen LogP contribution in [0.2, 0.25) is 0 Å². The molecule has 3 rings (SSSR count). The third kappa shape index (κ3) is 2.97. The van der Waals surface area contributed by atoms with Crippen molar-refractivity contribution in [2.75, 3.05) is 24.4 Å². The summed E-state index contributed by atoms with van der Waals surface area (Å²) in [5.74, 6) is -1.29. The van der Waals surface area contributed by atoms with Crippen LogP contribution in [0, 0.1) is 5.82 Å². The van der Waals surface area contributed by atoms with Gasteiger partial charge in [0, 0.05) is 6.07 Å². The fraction of sp³-hybridized carbons (Fsp3) is 0.111. The fourth-order valence-corrected chi connectivity index (χ4v) is 2.71. The van der Waals surface area contributed by atoms with Crippen LogP contribution in [0.25, 0.3) is 0 Å². The van der Waals surface area contributed by atoms with Crippen molar-refractivity contribution in [2.24, 2.45) is 0 Å². The maximum atomic E-state index is 13.8. The van der Waals surface area contributed by atoms with Crippen molar-refractivity contribution >= 4 is 34.8 Å². The molecule has 26 heavy (non-hydrogen) atoms. The number of ether oxygens (including phenoxy) is 2. The molecule has 0 bridgehead atoms. The lowest BCUT2D eigenvalue weighted by Gasteiger charge is -2.18. The number of halogens is 2. The van der Waals surface area contributed by atoms with Gasteiger partial charge in [0.1, 0.15) is 28.0 Å². The van der Waals surface area contributed by atoms with Gasteiger partial charge < -0.3 is 14.8 Å². The number of hydrogen-bond donors (Lipinski definition) is 1. The van der Waals surface area contributed by atoms with Crippen LogP contribution < -0.4 is 19.7 Å². The summed E-state index contributed by atoms with van der Waals surface area (Å²) in [6.07, 6.45) is 0. The minimum Gasteiger partial charge on any atom is -0.497 e. The van der Waals surface area contributed by atoms with Gasteiger partial charge in [0.05, 0.1) is 25.6 Å². The van der Waals surface area contributed by atoms with Gasteiger partial charge in [-0.3, -0.25) is 9.59 Å². The molecule has 0 spiro atoms. The Balaban J connectivity index is 1.97. The summed E-state index contributed by atoms with van der Waals surface area (Å²) >= 11 is 6.04. The van der Waals surface area contributed by atoms with Crippen molar-refractivity contribution in [3.8, 4) is 11.5 Å². The lowest BCUT2D eigenvalue weighted by atomic mass is 10.2. The zero-order valence-corrected chi connectivity index (χ0v) is 14.6. The highest BCUT2D eigenvalue weighted by molar-refractivity contribution is 6.53. The standard InChI is InChI=1S/C18H14ClFN2O4/c1-25-10-7-8-13(14(9-10)26-2)22-17(23)15(19)16(18(22)24)21-12-6-4-3-5-11(12)20/h3-9,21H,1-2H3. The molecule has 1 N–H and O–H groups in total.